The lowest BCUT2D eigenvalue weighted by Gasteiger charge is -2.13. The summed E-state index contributed by atoms with van der Waals surface area (Å²) in [6.45, 7) is 8.76. The molecule has 1 aliphatic heterocycles. The number of likely N-dealkylation sites (N-methyl/N-ethyl adjacent to an activating group) is 1. The van der Waals surface area contributed by atoms with Gasteiger partial charge in [-0.25, -0.2) is 4.90 Å². The molecule has 15 heavy (non-hydrogen) atoms. The first kappa shape index (κ1) is 10.2. The zero-order chi connectivity index (χ0) is 11.0. The summed E-state index contributed by atoms with van der Waals surface area (Å²) in [7, 11) is 2.12. The molecule has 2 nitrogen and oxygen atoms in total. The number of rotatable bonds is 1. The van der Waals surface area contributed by atoms with Crippen LogP contribution in [-0.4, -0.2) is 31.1 Å². The monoisotopic (exact) mass is 203 g/mol. The summed E-state index contributed by atoms with van der Waals surface area (Å²) in [5.74, 6) is 0. The normalized spacial score (nSPS) is 15.7. The molecule has 0 fully saturated rings. The van der Waals surface area contributed by atoms with Gasteiger partial charge in [-0.15, -0.1) is 0 Å². The van der Waals surface area contributed by atoms with Crippen LogP contribution in [-0.2, 0) is 0 Å². The predicted octanol–water partition coefficient (Wildman–Crippen LogP) is 2.10. The minimum Gasteiger partial charge on any atom is -0.267 e. The van der Waals surface area contributed by atoms with Crippen LogP contribution in [0.15, 0.2) is 12.1 Å². The van der Waals surface area contributed by atoms with Crippen molar-refractivity contribution >= 4 is 12.0 Å². The second-order valence-electron chi connectivity index (χ2n) is 4.54. The maximum atomic E-state index is 2.35. The van der Waals surface area contributed by atoms with Gasteiger partial charge in [-0.2, -0.15) is 0 Å². The quantitative estimate of drug-likeness (QED) is 0.634. The molecule has 1 aromatic rings. The molecule has 0 amide bonds. The topological polar surface area (TPSA) is 6.25 Å². The molecule has 1 aliphatic rings. The first-order chi connectivity index (χ1) is 7.08. The number of benzene rings is 1. The van der Waals surface area contributed by atoms with Crippen molar-refractivity contribution in [2.45, 2.75) is 20.8 Å². The summed E-state index contributed by atoms with van der Waals surface area (Å²) in [5.41, 5.74) is 5.48. The lowest BCUT2D eigenvalue weighted by atomic mass is 10.0. The van der Waals surface area contributed by atoms with Crippen LogP contribution in [0.2, 0.25) is 0 Å². The Morgan fingerprint density at radius 3 is 2.20 bits per heavy atom. The van der Waals surface area contributed by atoms with E-state index in [9.17, 15) is 0 Å². The summed E-state index contributed by atoms with van der Waals surface area (Å²) in [6, 6.07) is 4.52. The van der Waals surface area contributed by atoms with Crippen molar-refractivity contribution in [2.75, 3.05) is 25.0 Å². The number of aryl methyl sites for hydroxylation is 3. The molecule has 0 unspecified atom stereocenters. The fourth-order valence-corrected chi connectivity index (χ4v) is 2.41. The van der Waals surface area contributed by atoms with Gasteiger partial charge in [-0.3, -0.25) is 4.58 Å². The van der Waals surface area contributed by atoms with Gasteiger partial charge >= 0.3 is 0 Å². The molecule has 0 atom stereocenters. The van der Waals surface area contributed by atoms with Gasteiger partial charge in [0.25, 0.3) is 0 Å². The van der Waals surface area contributed by atoms with Crippen molar-refractivity contribution in [2.24, 2.45) is 0 Å². The molecule has 0 bridgehead atoms. The lowest BCUT2D eigenvalue weighted by molar-refractivity contribution is -0.481. The van der Waals surface area contributed by atoms with Crippen molar-refractivity contribution in [3.05, 3.63) is 28.8 Å². The van der Waals surface area contributed by atoms with Gasteiger partial charge in [-0.05, 0) is 31.9 Å². The van der Waals surface area contributed by atoms with Crippen LogP contribution in [0.1, 0.15) is 16.7 Å². The molecule has 1 heterocycles. The maximum Gasteiger partial charge on any atom is 0.239 e. The van der Waals surface area contributed by atoms with Crippen LogP contribution in [0.4, 0.5) is 5.69 Å². The van der Waals surface area contributed by atoms with E-state index in [4.69, 9.17) is 0 Å². The summed E-state index contributed by atoms with van der Waals surface area (Å²) >= 11 is 0. The van der Waals surface area contributed by atoms with E-state index < -0.39 is 0 Å². The molecule has 2 rings (SSSR count). The first-order valence-corrected chi connectivity index (χ1v) is 5.47. The number of hydrogen-bond acceptors (Lipinski definition) is 1. The van der Waals surface area contributed by atoms with Crippen molar-refractivity contribution < 1.29 is 4.58 Å². The third-order valence-corrected chi connectivity index (χ3v) is 2.95. The van der Waals surface area contributed by atoms with E-state index in [0.717, 1.165) is 13.1 Å². The minimum absolute atomic E-state index is 1.10. The predicted molar refractivity (Wildman–Crippen MR) is 65.1 cm³/mol. The summed E-state index contributed by atoms with van der Waals surface area (Å²) in [4.78, 5) is 2.35. The molecular formula is C13H19N2+. The lowest BCUT2D eigenvalue weighted by Crippen LogP contribution is -2.20. The van der Waals surface area contributed by atoms with Gasteiger partial charge in [0.05, 0.1) is 7.05 Å². The average molecular weight is 203 g/mol. The summed E-state index contributed by atoms with van der Waals surface area (Å²) in [6.07, 6.45) is 2.20. The molecule has 0 saturated heterocycles. The van der Waals surface area contributed by atoms with Crippen molar-refractivity contribution in [3.63, 3.8) is 0 Å². The van der Waals surface area contributed by atoms with Gasteiger partial charge in [0, 0.05) is 0 Å². The molecule has 0 aromatic heterocycles. The van der Waals surface area contributed by atoms with Gasteiger partial charge < -0.3 is 0 Å². The SMILES string of the molecule is Cc1cc(C)c(N2C=[N+](C)CC2)c(C)c1. The van der Waals surface area contributed by atoms with Crippen molar-refractivity contribution in [1.82, 2.24) is 0 Å². The van der Waals surface area contributed by atoms with Gasteiger partial charge in [0.15, 0.2) is 0 Å². The Balaban J connectivity index is 2.44. The summed E-state index contributed by atoms with van der Waals surface area (Å²) in [5, 5.41) is 0. The largest absolute Gasteiger partial charge is 0.267 e. The van der Waals surface area contributed by atoms with Crippen LogP contribution < -0.4 is 4.90 Å². The van der Waals surface area contributed by atoms with Crippen LogP contribution in [0.3, 0.4) is 0 Å². The molecule has 2 heteroatoms. The Morgan fingerprint density at radius 2 is 1.73 bits per heavy atom. The Labute approximate surface area is 91.8 Å². The molecule has 1 aromatic carbocycles. The highest BCUT2D eigenvalue weighted by Gasteiger charge is 2.22. The highest BCUT2D eigenvalue weighted by atomic mass is 15.3. The molecule has 0 aliphatic carbocycles. The molecule has 80 valence electrons. The van der Waals surface area contributed by atoms with Crippen LogP contribution in [0.25, 0.3) is 0 Å². The number of hydrogen-bond donors (Lipinski definition) is 0. The van der Waals surface area contributed by atoms with Crippen LogP contribution >= 0.6 is 0 Å². The standard InChI is InChI=1S/C13H19N2/c1-10-7-11(2)13(12(3)8-10)15-6-5-14(4)9-15/h7-9H,5-6H2,1-4H3/q+1. The van der Waals surface area contributed by atoms with E-state index in [0.29, 0.717) is 0 Å². The first-order valence-electron chi connectivity index (χ1n) is 5.47. The second-order valence-corrected chi connectivity index (χ2v) is 4.54. The highest BCUT2D eigenvalue weighted by molar-refractivity contribution is 5.80. The van der Waals surface area contributed by atoms with E-state index in [1.165, 1.54) is 22.4 Å². The van der Waals surface area contributed by atoms with E-state index in [1.807, 2.05) is 0 Å². The van der Waals surface area contributed by atoms with E-state index in [1.54, 1.807) is 0 Å². The van der Waals surface area contributed by atoms with Gasteiger partial charge in [-0.1, -0.05) is 17.7 Å². The third-order valence-electron chi connectivity index (χ3n) is 2.95. The molecule has 0 N–H and O–H groups in total. The van der Waals surface area contributed by atoms with Gasteiger partial charge in [0.2, 0.25) is 6.34 Å². The van der Waals surface area contributed by atoms with E-state index in [-0.39, 0.29) is 0 Å². The van der Waals surface area contributed by atoms with E-state index in [2.05, 4.69) is 55.8 Å². The zero-order valence-electron chi connectivity index (χ0n) is 10.0. The molecule has 0 saturated carbocycles. The highest BCUT2D eigenvalue weighted by Crippen LogP contribution is 2.26. The van der Waals surface area contributed by atoms with Crippen molar-refractivity contribution in [3.8, 4) is 0 Å². The smallest absolute Gasteiger partial charge is 0.239 e. The average Bonchev–Trinajstić information content (AvgIpc) is 2.49. The van der Waals surface area contributed by atoms with Gasteiger partial charge in [0.1, 0.15) is 18.8 Å². The third kappa shape index (κ3) is 1.89. The van der Waals surface area contributed by atoms with Crippen molar-refractivity contribution in [1.29, 1.82) is 0 Å². The number of nitrogens with zero attached hydrogens (tertiary/aromatic N) is 2. The second kappa shape index (κ2) is 3.69. The molecular weight excluding hydrogens is 184 g/mol. The molecule has 0 radical (unpaired) electrons. The Morgan fingerprint density at radius 1 is 1.13 bits per heavy atom. The fourth-order valence-electron chi connectivity index (χ4n) is 2.41. The summed E-state index contributed by atoms with van der Waals surface area (Å²) < 4.78 is 2.23. The maximum absolute atomic E-state index is 2.35. The minimum atomic E-state index is 1.10. The Bertz CT molecular complexity index is 396. The Kier molecular flexibility index (Phi) is 2.51. The molecule has 0 spiro atoms. The van der Waals surface area contributed by atoms with E-state index >= 15 is 0 Å². The van der Waals surface area contributed by atoms with Crippen LogP contribution in [0.5, 0.6) is 0 Å². The Hall–Kier alpha value is -1.31. The fraction of sp³-hybridized carbons (Fsp3) is 0.462. The number of anilines is 1. The van der Waals surface area contributed by atoms with Crippen LogP contribution in [0, 0.1) is 20.8 Å². The zero-order valence-corrected chi connectivity index (χ0v) is 10.0.